The molecule has 0 radical (unpaired) electrons. The van der Waals surface area contributed by atoms with Crippen LogP contribution in [0.5, 0.6) is 0 Å². The SMILES string of the molecule is Cc1ccc(NC(=O)/C=C/c2ccccc2)cc1N1CCCCC1=O. The van der Waals surface area contributed by atoms with Crippen molar-refractivity contribution in [3.8, 4) is 0 Å². The van der Waals surface area contributed by atoms with Gasteiger partial charge in [0.1, 0.15) is 0 Å². The first-order chi connectivity index (χ1) is 12.1. The van der Waals surface area contributed by atoms with E-state index in [1.807, 2.05) is 60.4 Å². The molecule has 25 heavy (non-hydrogen) atoms. The molecule has 0 aliphatic carbocycles. The Kier molecular flexibility index (Phi) is 5.29. The molecule has 1 saturated heterocycles. The molecule has 1 aliphatic rings. The highest BCUT2D eigenvalue weighted by molar-refractivity contribution is 6.03. The first kappa shape index (κ1) is 17.0. The van der Waals surface area contributed by atoms with Gasteiger partial charge in [-0.25, -0.2) is 0 Å². The second-order valence-electron chi connectivity index (χ2n) is 6.24. The Morgan fingerprint density at radius 2 is 1.92 bits per heavy atom. The molecule has 2 aromatic rings. The monoisotopic (exact) mass is 334 g/mol. The summed E-state index contributed by atoms with van der Waals surface area (Å²) in [5.74, 6) is -0.0366. The molecule has 4 nitrogen and oxygen atoms in total. The maximum absolute atomic E-state index is 12.2. The first-order valence-corrected chi connectivity index (χ1v) is 8.58. The summed E-state index contributed by atoms with van der Waals surface area (Å²) in [5, 5.41) is 2.87. The summed E-state index contributed by atoms with van der Waals surface area (Å²) in [7, 11) is 0. The number of piperidine rings is 1. The zero-order valence-corrected chi connectivity index (χ0v) is 14.4. The number of rotatable bonds is 4. The van der Waals surface area contributed by atoms with Gasteiger partial charge in [-0.15, -0.1) is 0 Å². The normalized spacial score (nSPS) is 14.8. The average Bonchev–Trinajstić information content (AvgIpc) is 2.63. The lowest BCUT2D eigenvalue weighted by molar-refractivity contribution is -0.119. The lowest BCUT2D eigenvalue weighted by Gasteiger charge is -2.28. The summed E-state index contributed by atoms with van der Waals surface area (Å²) < 4.78 is 0. The number of hydrogen-bond acceptors (Lipinski definition) is 2. The van der Waals surface area contributed by atoms with Crippen LogP contribution in [0.1, 0.15) is 30.4 Å². The Morgan fingerprint density at radius 3 is 2.68 bits per heavy atom. The highest BCUT2D eigenvalue weighted by atomic mass is 16.2. The number of carbonyl (C=O) groups excluding carboxylic acids is 2. The Balaban J connectivity index is 1.72. The van der Waals surface area contributed by atoms with Gasteiger partial charge in [0, 0.05) is 30.4 Å². The molecule has 0 aromatic heterocycles. The molecular weight excluding hydrogens is 312 g/mol. The molecule has 2 amide bonds. The molecule has 0 unspecified atom stereocenters. The third-order valence-corrected chi connectivity index (χ3v) is 4.32. The van der Waals surface area contributed by atoms with E-state index < -0.39 is 0 Å². The van der Waals surface area contributed by atoms with E-state index in [0.29, 0.717) is 12.1 Å². The van der Waals surface area contributed by atoms with Crippen LogP contribution in [0.3, 0.4) is 0 Å². The van der Waals surface area contributed by atoms with Crippen molar-refractivity contribution in [3.05, 3.63) is 65.7 Å². The summed E-state index contributed by atoms with van der Waals surface area (Å²) >= 11 is 0. The van der Waals surface area contributed by atoms with Crippen LogP contribution in [0.25, 0.3) is 6.08 Å². The third kappa shape index (κ3) is 4.35. The average molecular weight is 334 g/mol. The van der Waals surface area contributed by atoms with Gasteiger partial charge in [0.2, 0.25) is 11.8 Å². The van der Waals surface area contributed by atoms with Crippen molar-refractivity contribution in [2.75, 3.05) is 16.8 Å². The van der Waals surface area contributed by atoms with Gasteiger partial charge in [-0.2, -0.15) is 0 Å². The number of nitrogens with zero attached hydrogens (tertiary/aromatic N) is 1. The van der Waals surface area contributed by atoms with Crippen molar-refractivity contribution in [3.63, 3.8) is 0 Å². The van der Waals surface area contributed by atoms with Gasteiger partial charge in [0.15, 0.2) is 0 Å². The fraction of sp³-hybridized carbons (Fsp3) is 0.238. The fourth-order valence-corrected chi connectivity index (χ4v) is 2.96. The zero-order chi connectivity index (χ0) is 17.6. The van der Waals surface area contributed by atoms with E-state index >= 15 is 0 Å². The van der Waals surface area contributed by atoms with E-state index in [1.54, 1.807) is 6.08 Å². The van der Waals surface area contributed by atoms with Crippen molar-refractivity contribution in [1.82, 2.24) is 0 Å². The molecule has 1 fully saturated rings. The van der Waals surface area contributed by atoms with E-state index in [-0.39, 0.29) is 11.8 Å². The van der Waals surface area contributed by atoms with Crippen molar-refractivity contribution in [2.45, 2.75) is 26.2 Å². The van der Waals surface area contributed by atoms with E-state index in [9.17, 15) is 9.59 Å². The van der Waals surface area contributed by atoms with E-state index in [2.05, 4.69) is 5.32 Å². The van der Waals surface area contributed by atoms with Crippen molar-refractivity contribution in [2.24, 2.45) is 0 Å². The lowest BCUT2D eigenvalue weighted by Crippen LogP contribution is -2.35. The highest BCUT2D eigenvalue weighted by Gasteiger charge is 2.21. The molecule has 1 heterocycles. The lowest BCUT2D eigenvalue weighted by atomic mass is 10.1. The van der Waals surface area contributed by atoms with Crippen LogP contribution >= 0.6 is 0 Å². The van der Waals surface area contributed by atoms with Crippen LogP contribution < -0.4 is 10.2 Å². The van der Waals surface area contributed by atoms with Gasteiger partial charge in [-0.3, -0.25) is 9.59 Å². The first-order valence-electron chi connectivity index (χ1n) is 8.58. The number of carbonyl (C=O) groups is 2. The van der Waals surface area contributed by atoms with Gasteiger partial charge < -0.3 is 10.2 Å². The zero-order valence-electron chi connectivity index (χ0n) is 14.4. The Bertz CT molecular complexity index is 797. The number of aryl methyl sites for hydroxylation is 1. The number of benzene rings is 2. The molecule has 2 aromatic carbocycles. The molecule has 1 aliphatic heterocycles. The summed E-state index contributed by atoms with van der Waals surface area (Å²) in [5.41, 5.74) is 3.59. The number of amides is 2. The minimum atomic E-state index is -0.191. The number of nitrogens with one attached hydrogen (secondary N) is 1. The second kappa shape index (κ2) is 7.79. The minimum Gasteiger partial charge on any atom is -0.322 e. The predicted octanol–water partition coefficient (Wildman–Crippen LogP) is 4.16. The molecule has 128 valence electrons. The summed E-state index contributed by atoms with van der Waals surface area (Å²) in [4.78, 5) is 26.1. The van der Waals surface area contributed by atoms with E-state index in [0.717, 1.165) is 36.2 Å². The Labute approximate surface area is 148 Å². The summed E-state index contributed by atoms with van der Waals surface area (Å²) in [6.07, 6.45) is 5.85. The van der Waals surface area contributed by atoms with Gasteiger partial charge in [0.25, 0.3) is 0 Å². The van der Waals surface area contributed by atoms with Crippen molar-refractivity contribution >= 4 is 29.3 Å². The molecule has 0 atom stereocenters. The second-order valence-corrected chi connectivity index (χ2v) is 6.24. The molecule has 4 heteroatoms. The Morgan fingerprint density at radius 1 is 1.12 bits per heavy atom. The summed E-state index contributed by atoms with van der Waals surface area (Å²) in [6, 6.07) is 15.4. The maximum Gasteiger partial charge on any atom is 0.248 e. The van der Waals surface area contributed by atoms with E-state index in [4.69, 9.17) is 0 Å². The van der Waals surface area contributed by atoms with Gasteiger partial charge in [-0.05, 0) is 49.1 Å². The van der Waals surface area contributed by atoms with Crippen LogP contribution in [-0.4, -0.2) is 18.4 Å². The van der Waals surface area contributed by atoms with Crippen LogP contribution in [-0.2, 0) is 9.59 Å². The topological polar surface area (TPSA) is 49.4 Å². The molecule has 0 spiro atoms. The summed E-state index contributed by atoms with van der Waals surface area (Å²) in [6.45, 7) is 2.73. The van der Waals surface area contributed by atoms with Gasteiger partial charge >= 0.3 is 0 Å². The van der Waals surface area contributed by atoms with Crippen molar-refractivity contribution in [1.29, 1.82) is 0 Å². The molecule has 3 rings (SSSR count). The quantitative estimate of drug-likeness (QED) is 0.853. The number of anilines is 2. The van der Waals surface area contributed by atoms with Crippen molar-refractivity contribution < 1.29 is 9.59 Å². The largest absolute Gasteiger partial charge is 0.322 e. The molecule has 0 bridgehead atoms. The predicted molar refractivity (Wildman–Crippen MR) is 101 cm³/mol. The molecule has 1 N–H and O–H groups in total. The van der Waals surface area contributed by atoms with Crippen LogP contribution in [0, 0.1) is 6.92 Å². The van der Waals surface area contributed by atoms with Crippen LogP contribution in [0.15, 0.2) is 54.6 Å². The molecule has 0 saturated carbocycles. The maximum atomic E-state index is 12.2. The minimum absolute atomic E-state index is 0.154. The van der Waals surface area contributed by atoms with Gasteiger partial charge in [-0.1, -0.05) is 36.4 Å². The smallest absolute Gasteiger partial charge is 0.248 e. The highest BCUT2D eigenvalue weighted by Crippen LogP contribution is 2.27. The number of hydrogen-bond donors (Lipinski definition) is 1. The fourth-order valence-electron chi connectivity index (χ4n) is 2.96. The van der Waals surface area contributed by atoms with Crippen LogP contribution in [0.2, 0.25) is 0 Å². The standard InChI is InChI=1S/C21H22N2O2/c1-16-10-12-18(15-19(16)23-14-6-5-9-21(23)25)22-20(24)13-11-17-7-3-2-4-8-17/h2-4,7-8,10-13,15H,5-6,9,14H2,1H3,(H,22,24)/b13-11+. The molecular formula is C21H22N2O2. The van der Waals surface area contributed by atoms with E-state index in [1.165, 1.54) is 6.08 Å². The van der Waals surface area contributed by atoms with Crippen LogP contribution in [0.4, 0.5) is 11.4 Å². The van der Waals surface area contributed by atoms with Gasteiger partial charge in [0.05, 0.1) is 0 Å². The Hall–Kier alpha value is -2.88. The third-order valence-electron chi connectivity index (χ3n) is 4.32.